The Hall–Kier alpha value is -1.85. The van der Waals surface area contributed by atoms with Crippen LogP contribution in [0.3, 0.4) is 0 Å². The molecular weight excluding hydrogens is 311 g/mol. The van der Waals surface area contributed by atoms with E-state index in [0.717, 1.165) is 13.0 Å². The molecule has 0 radical (unpaired) electrons. The zero-order chi connectivity index (χ0) is 15.2. The van der Waals surface area contributed by atoms with Crippen LogP contribution in [0.4, 0.5) is 11.5 Å². The van der Waals surface area contributed by atoms with Crippen molar-refractivity contribution in [1.82, 2.24) is 9.97 Å². The summed E-state index contributed by atoms with van der Waals surface area (Å²) in [5.74, 6) is 0.239. The van der Waals surface area contributed by atoms with Crippen LogP contribution in [0.25, 0.3) is 0 Å². The van der Waals surface area contributed by atoms with E-state index in [2.05, 4.69) is 27.5 Å². The SMILES string of the molecule is CCCNc1cnc(C(=O)Nc2cccc(Cl)c2Cl)cn1. The van der Waals surface area contributed by atoms with Crippen LogP contribution in [-0.2, 0) is 0 Å². The maximum absolute atomic E-state index is 12.1. The Kier molecular flexibility index (Phi) is 5.36. The van der Waals surface area contributed by atoms with Gasteiger partial charge in [0.15, 0.2) is 0 Å². The van der Waals surface area contributed by atoms with Crippen LogP contribution >= 0.6 is 23.2 Å². The fourth-order valence-electron chi connectivity index (χ4n) is 1.58. The van der Waals surface area contributed by atoms with E-state index in [1.807, 2.05) is 0 Å². The lowest BCUT2D eigenvalue weighted by Crippen LogP contribution is -2.15. The van der Waals surface area contributed by atoms with Gasteiger partial charge in [-0.05, 0) is 18.6 Å². The normalized spacial score (nSPS) is 10.2. The number of nitrogens with zero attached hydrogens (tertiary/aromatic N) is 2. The largest absolute Gasteiger partial charge is 0.369 e. The van der Waals surface area contributed by atoms with Crippen molar-refractivity contribution in [2.24, 2.45) is 0 Å². The molecule has 0 fully saturated rings. The second-order valence-electron chi connectivity index (χ2n) is 4.27. The van der Waals surface area contributed by atoms with E-state index in [-0.39, 0.29) is 5.69 Å². The first-order chi connectivity index (χ1) is 10.1. The molecule has 2 rings (SSSR count). The lowest BCUT2D eigenvalue weighted by Gasteiger charge is -2.08. The molecule has 1 amide bonds. The Bertz CT molecular complexity index is 631. The summed E-state index contributed by atoms with van der Waals surface area (Å²) in [7, 11) is 0. The van der Waals surface area contributed by atoms with Crippen LogP contribution in [0, 0.1) is 0 Å². The van der Waals surface area contributed by atoms with Crippen molar-refractivity contribution in [3.8, 4) is 0 Å². The quantitative estimate of drug-likeness (QED) is 0.876. The van der Waals surface area contributed by atoms with Crippen LogP contribution < -0.4 is 10.6 Å². The highest BCUT2D eigenvalue weighted by atomic mass is 35.5. The highest BCUT2D eigenvalue weighted by Gasteiger charge is 2.11. The first-order valence-electron chi connectivity index (χ1n) is 6.43. The van der Waals surface area contributed by atoms with Crippen LogP contribution in [0.1, 0.15) is 23.8 Å². The van der Waals surface area contributed by atoms with Crippen molar-refractivity contribution in [3.05, 3.63) is 46.3 Å². The summed E-state index contributed by atoms with van der Waals surface area (Å²) in [5.41, 5.74) is 0.636. The minimum absolute atomic E-state index is 0.202. The summed E-state index contributed by atoms with van der Waals surface area (Å²) in [6.07, 6.45) is 3.91. The minimum atomic E-state index is -0.395. The number of halogens is 2. The molecule has 2 N–H and O–H groups in total. The molecule has 1 aromatic carbocycles. The maximum atomic E-state index is 12.1. The Morgan fingerprint density at radius 2 is 2.05 bits per heavy atom. The van der Waals surface area contributed by atoms with Gasteiger partial charge < -0.3 is 10.6 Å². The third kappa shape index (κ3) is 4.06. The molecule has 0 aliphatic carbocycles. The molecule has 0 bridgehead atoms. The molecule has 0 aliphatic heterocycles. The van der Waals surface area contributed by atoms with Crippen molar-refractivity contribution >= 4 is 40.6 Å². The predicted octanol–water partition coefficient (Wildman–Crippen LogP) is 3.86. The number of amides is 1. The maximum Gasteiger partial charge on any atom is 0.275 e. The van der Waals surface area contributed by atoms with Crippen molar-refractivity contribution in [3.63, 3.8) is 0 Å². The summed E-state index contributed by atoms with van der Waals surface area (Å²) in [6.45, 7) is 2.86. The number of benzene rings is 1. The Morgan fingerprint density at radius 3 is 2.71 bits per heavy atom. The molecule has 2 aromatic rings. The second-order valence-corrected chi connectivity index (χ2v) is 5.05. The molecule has 0 aliphatic rings. The Balaban J connectivity index is 2.08. The molecule has 0 atom stereocenters. The van der Waals surface area contributed by atoms with E-state index in [4.69, 9.17) is 23.2 Å². The van der Waals surface area contributed by atoms with Gasteiger partial charge in [-0.1, -0.05) is 36.2 Å². The highest BCUT2D eigenvalue weighted by molar-refractivity contribution is 6.44. The third-order valence-corrected chi connectivity index (χ3v) is 3.46. The summed E-state index contributed by atoms with van der Waals surface area (Å²) >= 11 is 11.9. The highest BCUT2D eigenvalue weighted by Crippen LogP contribution is 2.29. The van der Waals surface area contributed by atoms with Crippen molar-refractivity contribution < 1.29 is 4.79 Å². The minimum Gasteiger partial charge on any atom is -0.369 e. The molecule has 1 aromatic heterocycles. The summed E-state index contributed by atoms with van der Waals surface area (Å²) in [4.78, 5) is 20.3. The molecule has 0 spiro atoms. The van der Waals surface area contributed by atoms with E-state index < -0.39 is 5.91 Å². The smallest absolute Gasteiger partial charge is 0.275 e. The molecule has 21 heavy (non-hydrogen) atoms. The Morgan fingerprint density at radius 1 is 1.24 bits per heavy atom. The van der Waals surface area contributed by atoms with Crippen molar-refractivity contribution in [1.29, 1.82) is 0 Å². The zero-order valence-electron chi connectivity index (χ0n) is 11.4. The molecule has 7 heteroatoms. The van der Waals surface area contributed by atoms with Gasteiger partial charge in [0.05, 0.1) is 28.1 Å². The topological polar surface area (TPSA) is 66.9 Å². The van der Waals surface area contributed by atoms with Crippen LogP contribution in [0.5, 0.6) is 0 Å². The first kappa shape index (κ1) is 15.5. The zero-order valence-corrected chi connectivity index (χ0v) is 12.9. The summed E-state index contributed by atoms with van der Waals surface area (Å²) in [6, 6.07) is 5.01. The lowest BCUT2D eigenvalue weighted by molar-refractivity contribution is 0.102. The van der Waals surface area contributed by atoms with Gasteiger partial charge in [-0.2, -0.15) is 0 Å². The van der Waals surface area contributed by atoms with E-state index in [1.54, 1.807) is 18.2 Å². The van der Waals surface area contributed by atoms with Gasteiger partial charge in [0.2, 0.25) is 0 Å². The van der Waals surface area contributed by atoms with Gasteiger partial charge >= 0.3 is 0 Å². The first-order valence-corrected chi connectivity index (χ1v) is 7.18. The number of carbonyl (C=O) groups excluding carboxylic acids is 1. The second kappa shape index (κ2) is 7.24. The third-order valence-electron chi connectivity index (χ3n) is 2.64. The number of rotatable bonds is 5. The van der Waals surface area contributed by atoms with E-state index in [0.29, 0.717) is 21.6 Å². The Labute approximate surface area is 132 Å². The lowest BCUT2D eigenvalue weighted by atomic mass is 10.3. The molecular formula is C14H14Cl2N4O. The van der Waals surface area contributed by atoms with Crippen LogP contribution in [-0.4, -0.2) is 22.4 Å². The molecule has 0 saturated carbocycles. The van der Waals surface area contributed by atoms with E-state index in [1.165, 1.54) is 12.4 Å². The number of aromatic nitrogens is 2. The molecule has 0 saturated heterocycles. The summed E-state index contributed by atoms with van der Waals surface area (Å²) < 4.78 is 0. The van der Waals surface area contributed by atoms with E-state index >= 15 is 0 Å². The predicted molar refractivity (Wildman–Crippen MR) is 85.2 cm³/mol. The molecule has 110 valence electrons. The van der Waals surface area contributed by atoms with Gasteiger partial charge in [0.25, 0.3) is 5.91 Å². The van der Waals surface area contributed by atoms with Gasteiger partial charge in [-0.15, -0.1) is 0 Å². The van der Waals surface area contributed by atoms with E-state index in [9.17, 15) is 4.79 Å². The molecule has 0 unspecified atom stereocenters. The average Bonchev–Trinajstić information content (AvgIpc) is 2.50. The van der Waals surface area contributed by atoms with Crippen LogP contribution in [0.15, 0.2) is 30.6 Å². The fourth-order valence-corrected chi connectivity index (χ4v) is 1.92. The number of hydrogen-bond donors (Lipinski definition) is 2. The van der Waals surface area contributed by atoms with Gasteiger partial charge in [-0.3, -0.25) is 4.79 Å². The number of nitrogens with one attached hydrogen (secondary N) is 2. The van der Waals surface area contributed by atoms with Crippen molar-refractivity contribution in [2.75, 3.05) is 17.2 Å². The van der Waals surface area contributed by atoms with Crippen molar-refractivity contribution in [2.45, 2.75) is 13.3 Å². The number of carbonyl (C=O) groups is 1. The molecule has 1 heterocycles. The molecule has 5 nitrogen and oxygen atoms in total. The van der Waals surface area contributed by atoms with Gasteiger partial charge in [0.1, 0.15) is 11.5 Å². The monoisotopic (exact) mass is 324 g/mol. The number of anilines is 2. The van der Waals surface area contributed by atoms with Gasteiger partial charge in [-0.25, -0.2) is 9.97 Å². The standard InChI is InChI=1S/C14H14Cl2N4O/c1-2-6-17-12-8-18-11(7-19-12)14(21)20-10-5-3-4-9(15)13(10)16/h3-5,7-8H,2,6H2,1H3,(H,17,19)(H,20,21). The average molecular weight is 325 g/mol. The number of hydrogen-bond acceptors (Lipinski definition) is 4. The van der Waals surface area contributed by atoms with Crippen LogP contribution in [0.2, 0.25) is 10.0 Å². The summed E-state index contributed by atoms with van der Waals surface area (Å²) in [5, 5.41) is 6.40. The fraction of sp³-hybridized carbons (Fsp3) is 0.214. The van der Waals surface area contributed by atoms with Gasteiger partial charge in [0, 0.05) is 6.54 Å².